The number of aliphatic hydroxyl groups is 1. The van der Waals surface area contributed by atoms with Crippen molar-refractivity contribution in [2.75, 3.05) is 26.2 Å². The number of hydrogen-bond acceptors (Lipinski definition) is 3. The van der Waals surface area contributed by atoms with Gasteiger partial charge in [0, 0.05) is 6.54 Å². The normalized spacial score (nSPS) is 40.0. The molecule has 3 nitrogen and oxygen atoms in total. The Morgan fingerprint density at radius 3 is 2.33 bits per heavy atom. The standard InChI is InChI=1S/C13H24Cl2N2O/c14-11-5-10(13(18)6-12(11)15)8-17-3-1-9(7-16)2-4-17/h9-13,18H,1-8,16H2. The molecule has 3 N–H and O–H groups in total. The van der Waals surface area contributed by atoms with E-state index in [1.54, 1.807) is 0 Å². The van der Waals surface area contributed by atoms with E-state index in [0.717, 1.165) is 32.6 Å². The Balaban J connectivity index is 1.79. The Bertz CT molecular complexity index is 259. The molecule has 0 bridgehead atoms. The summed E-state index contributed by atoms with van der Waals surface area (Å²) in [5, 5.41) is 10.0. The maximum atomic E-state index is 10.1. The van der Waals surface area contributed by atoms with Crippen LogP contribution in [0.4, 0.5) is 0 Å². The van der Waals surface area contributed by atoms with E-state index < -0.39 is 0 Å². The molecule has 0 spiro atoms. The van der Waals surface area contributed by atoms with Crippen molar-refractivity contribution < 1.29 is 5.11 Å². The molecule has 0 amide bonds. The van der Waals surface area contributed by atoms with Crippen molar-refractivity contribution in [1.82, 2.24) is 4.90 Å². The monoisotopic (exact) mass is 294 g/mol. The Hall–Kier alpha value is 0.460. The molecule has 0 aromatic heterocycles. The van der Waals surface area contributed by atoms with Gasteiger partial charge in [-0.2, -0.15) is 0 Å². The summed E-state index contributed by atoms with van der Waals surface area (Å²) < 4.78 is 0. The predicted octanol–water partition coefficient (Wildman–Crippen LogP) is 1.64. The number of alkyl halides is 2. The van der Waals surface area contributed by atoms with Crippen LogP contribution in [0.3, 0.4) is 0 Å². The van der Waals surface area contributed by atoms with E-state index >= 15 is 0 Å². The van der Waals surface area contributed by atoms with Crippen LogP contribution in [0.2, 0.25) is 0 Å². The molecular weight excluding hydrogens is 271 g/mol. The topological polar surface area (TPSA) is 49.5 Å². The molecule has 106 valence electrons. The molecule has 1 aliphatic heterocycles. The minimum atomic E-state index is -0.297. The molecule has 1 heterocycles. The number of halogens is 2. The summed E-state index contributed by atoms with van der Waals surface area (Å²) in [6.07, 6.45) is 3.52. The van der Waals surface area contributed by atoms with Crippen molar-refractivity contribution in [2.24, 2.45) is 17.6 Å². The summed E-state index contributed by atoms with van der Waals surface area (Å²) in [4.78, 5) is 2.44. The largest absolute Gasteiger partial charge is 0.393 e. The molecular formula is C13H24Cl2N2O. The molecule has 5 heteroatoms. The molecule has 2 aliphatic rings. The summed E-state index contributed by atoms with van der Waals surface area (Å²) in [5.74, 6) is 0.961. The van der Waals surface area contributed by atoms with Crippen molar-refractivity contribution >= 4 is 23.2 Å². The SMILES string of the molecule is NCC1CCN(CC2CC(Cl)C(Cl)CC2O)CC1. The summed E-state index contributed by atoms with van der Waals surface area (Å²) in [6.45, 7) is 3.95. The molecule has 1 aliphatic carbocycles. The lowest BCUT2D eigenvalue weighted by Gasteiger charge is -2.39. The molecule has 1 saturated heterocycles. The Kier molecular flexibility index (Phi) is 5.58. The number of aliphatic hydroxyl groups excluding tert-OH is 1. The molecule has 0 radical (unpaired) electrons. The van der Waals surface area contributed by atoms with Gasteiger partial charge < -0.3 is 15.7 Å². The number of piperidine rings is 1. The average Bonchev–Trinajstić information content (AvgIpc) is 2.37. The highest BCUT2D eigenvalue weighted by Crippen LogP contribution is 2.33. The van der Waals surface area contributed by atoms with Crippen molar-refractivity contribution in [2.45, 2.75) is 42.5 Å². The fourth-order valence-electron chi connectivity index (χ4n) is 3.10. The molecule has 0 aromatic rings. The molecule has 18 heavy (non-hydrogen) atoms. The van der Waals surface area contributed by atoms with Gasteiger partial charge in [0.25, 0.3) is 0 Å². The zero-order valence-corrected chi connectivity index (χ0v) is 12.3. The van der Waals surface area contributed by atoms with E-state index in [0.29, 0.717) is 12.3 Å². The highest BCUT2D eigenvalue weighted by atomic mass is 35.5. The zero-order valence-electron chi connectivity index (χ0n) is 10.8. The fraction of sp³-hybridized carbons (Fsp3) is 1.00. The van der Waals surface area contributed by atoms with Gasteiger partial charge in [0.05, 0.1) is 16.9 Å². The van der Waals surface area contributed by atoms with E-state index in [-0.39, 0.29) is 22.8 Å². The quantitative estimate of drug-likeness (QED) is 0.778. The third-order valence-corrected chi connectivity index (χ3v) is 5.56. The second-order valence-corrected chi connectivity index (χ2v) is 6.93. The highest BCUT2D eigenvalue weighted by Gasteiger charge is 2.35. The number of nitrogens with zero attached hydrogens (tertiary/aromatic N) is 1. The minimum absolute atomic E-state index is 0.00153. The molecule has 2 fully saturated rings. The van der Waals surface area contributed by atoms with Crippen molar-refractivity contribution in [3.63, 3.8) is 0 Å². The minimum Gasteiger partial charge on any atom is -0.393 e. The van der Waals surface area contributed by atoms with Crippen molar-refractivity contribution in [3.05, 3.63) is 0 Å². The smallest absolute Gasteiger partial charge is 0.0595 e. The third kappa shape index (κ3) is 3.73. The van der Waals surface area contributed by atoms with E-state index in [1.807, 2.05) is 0 Å². The van der Waals surface area contributed by atoms with Gasteiger partial charge in [-0.15, -0.1) is 23.2 Å². The Labute approximate surface area is 120 Å². The maximum Gasteiger partial charge on any atom is 0.0595 e. The van der Waals surface area contributed by atoms with Crippen LogP contribution in [0, 0.1) is 11.8 Å². The molecule has 4 unspecified atom stereocenters. The predicted molar refractivity (Wildman–Crippen MR) is 76.2 cm³/mol. The first kappa shape index (κ1) is 14.9. The van der Waals surface area contributed by atoms with Crippen molar-refractivity contribution in [3.8, 4) is 0 Å². The van der Waals surface area contributed by atoms with Crippen LogP contribution < -0.4 is 5.73 Å². The average molecular weight is 295 g/mol. The lowest BCUT2D eigenvalue weighted by molar-refractivity contribution is 0.0412. The van der Waals surface area contributed by atoms with Crippen LogP contribution in [0.25, 0.3) is 0 Å². The summed E-state index contributed by atoms with van der Waals surface area (Å²) >= 11 is 12.3. The van der Waals surface area contributed by atoms with Crippen molar-refractivity contribution in [1.29, 1.82) is 0 Å². The number of likely N-dealkylation sites (tertiary alicyclic amines) is 1. The van der Waals surface area contributed by atoms with E-state index in [9.17, 15) is 5.11 Å². The number of hydrogen-bond donors (Lipinski definition) is 2. The van der Waals surface area contributed by atoms with E-state index in [4.69, 9.17) is 28.9 Å². The van der Waals surface area contributed by atoms with Gasteiger partial charge in [0.15, 0.2) is 0 Å². The van der Waals surface area contributed by atoms with Crippen LogP contribution in [0.15, 0.2) is 0 Å². The van der Waals surface area contributed by atoms with Gasteiger partial charge in [-0.3, -0.25) is 0 Å². The molecule has 0 aromatic carbocycles. The number of nitrogens with two attached hydrogens (primary N) is 1. The van der Waals surface area contributed by atoms with Gasteiger partial charge in [-0.1, -0.05) is 0 Å². The van der Waals surface area contributed by atoms with Gasteiger partial charge in [0.1, 0.15) is 0 Å². The van der Waals surface area contributed by atoms with Crippen LogP contribution in [-0.4, -0.2) is 53.0 Å². The zero-order chi connectivity index (χ0) is 13.1. The third-order valence-electron chi connectivity index (χ3n) is 4.46. The maximum absolute atomic E-state index is 10.1. The van der Waals surface area contributed by atoms with E-state index in [1.165, 1.54) is 12.8 Å². The molecule has 2 rings (SSSR count). The summed E-state index contributed by atoms with van der Waals surface area (Å²) in [5.41, 5.74) is 5.70. The first-order chi connectivity index (χ1) is 8.60. The van der Waals surface area contributed by atoms with Gasteiger partial charge >= 0.3 is 0 Å². The van der Waals surface area contributed by atoms with Gasteiger partial charge in [0.2, 0.25) is 0 Å². The van der Waals surface area contributed by atoms with Crippen LogP contribution >= 0.6 is 23.2 Å². The second kappa shape index (κ2) is 6.76. The van der Waals surface area contributed by atoms with E-state index in [2.05, 4.69) is 4.90 Å². The summed E-state index contributed by atoms with van der Waals surface area (Å²) in [7, 11) is 0. The Morgan fingerprint density at radius 1 is 1.11 bits per heavy atom. The van der Waals surface area contributed by atoms with Crippen LogP contribution in [0.1, 0.15) is 25.7 Å². The Morgan fingerprint density at radius 2 is 1.72 bits per heavy atom. The number of rotatable bonds is 3. The lowest BCUT2D eigenvalue weighted by Crippen LogP contribution is -2.45. The summed E-state index contributed by atoms with van der Waals surface area (Å²) in [6, 6.07) is 0. The second-order valence-electron chi connectivity index (χ2n) is 5.81. The van der Waals surface area contributed by atoms with Crippen LogP contribution in [0.5, 0.6) is 0 Å². The first-order valence-corrected chi connectivity index (χ1v) is 7.86. The highest BCUT2D eigenvalue weighted by molar-refractivity contribution is 6.30. The fourth-order valence-corrected chi connectivity index (χ4v) is 3.71. The first-order valence-electron chi connectivity index (χ1n) is 6.98. The van der Waals surface area contributed by atoms with Gasteiger partial charge in [-0.25, -0.2) is 0 Å². The molecule has 1 saturated carbocycles. The van der Waals surface area contributed by atoms with Gasteiger partial charge in [-0.05, 0) is 57.2 Å². The molecule has 4 atom stereocenters. The van der Waals surface area contributed by atoms with Crippen LogP contribution in [-0.2, 0) is 0 Å². The lowest BCUT2D eigenvalue weighted by atomic mass is 9.85.